The molecule has 0 saturated carbocycles. The minimum absolute atomic E-state index is 0.147. The molecule has 1 heterocycles. The first-order valence-corrected chi connectivity index (χ1v) is 5.56. The number of likely N-dealkylation sites (tertiary alicyclic amines) is 1. The predicted molar refractivity (Wildman–Crippen MR) is 62.6 cm³/mol. The van der Waals surface area contributed by atoms with Crippen LogP contribution in [-0.4, -0.2) is 35.1 Å². The van der Waals surface area contributed by atoms with Crippen molar-refractivity contribution in [1.29, 1.82) is 0 Å². The van der Waals surface area contributed by atoms with Gasteiger partial charge in [-0.25, -0.2) is 4.39 Å². The van der Waals surface area contributed by atoms with Gasteiger partial charge in [0.05, 0.1) is 6.10 Å². The van der Waals surface area contributed by atoms with Gasteiger partial charge in [0.2, 0.25) is 5.91 Å². The maximum Gasteiger partial charge on any atom is 0.246 e. The number of rotatable bonds is 2. The summed E-state index contributed by atoms with van der Waals surface area (Å²) in [5.74, 6) is -0.470. The van der Waals surface area contributed by atoms with Crippen LogP contribution >= 0.6 is 0 Å². The molecule has 0 bridgehead atoms. The maximum atomic E-state index is 12.9. The number of carbonyl (C=O) groups is 1. The van der Waals surface area contributed by atoms with Gasteiger partial charge in [0.25, 0.3) is 0 Å². The molecule has 1 saturated heterocycles. The number of halogens is 1. The van der Waals surface area contributed by atoms with Gasteiger partial charge in [-0.3, -0.25) is 4.79 Å². The summed E-state index contributed by atoms with van der Waals surface area (Å²) in [6, 6.07) is 6.05. The van der Waals surface area contributed by atoms with Crippen LogP contribution in [0.2, 0.25) is 0 Å². The summed E-state index contributed by atoms with van der Waals surface area (Å²) in [5.41, 5.74) is 0.651. The van der Waals surface area contributed by atoms with E-state index >= 15 is 0 Å². The number of β-amino-alcohol motifs (C(OH)–C–C–N with tert-alkyl or cyclic N) is 1. The molecule has 0 unspecified atom stereocenters. The average Bonchev–Trinajstić information content (AvgIpc) is 2.73. The summed E-state index contributed by atoms with van der Waals surface area (Å²) in [6.07, 6.45) is 3.20. The van der Waals surface area contributed by atoms with E-state index in [0.29, 0.717) is 25.1 Å². The zero-order chi connectivity index (χ0) is 12.3. The van der Waals surface area contributed by atoms with Gasteiger partial charge >= 0.3 is 0 Å². The second-order valence-corrected chi connectivity index (χ2v) is 4.12. The Morgan fingerprint density at radius 3 is 3.00 bits per heavy atom. The number of carbonyl (C=O) groups excluding carboxylic acids is 1. The molecule has 0 aliphatic carbocycles. The van der Waals surface area contributed by atoms with E-state index in [-0.39, 0.29) is 11.7 Å². The van der Waals surface area contributed by atoms with Crippen LogP contribution in [-0.2, 0) is 4.79 Å². The lowest BCUT2D eigenvalue weighted by molar-refractivity contribution is -0.125. The largest absolute Gasteiger partial charge is 0.391 e. The highest BCUT2D eigenvalue weighted by atomic mass is 19.1. The van der Waals surface area contributed by atoms with Gasteiger partial charge in [0.1, 0.15) is 5.82 Å². The molecule has 0 spiro atoms. The topological polar surface area (TPSA) is 40.5 Å². The first kappa shape index (κ1) is 11.8. The highest BCUT2D eigenvalue weighted by Gasteiger charge is 2.22. The molecule has 1 amide bonds. The molecule has 1 aliphatic heterocycles. The molecule has 1 aliphatic rings. The Bertz CT molecular complexity index is 445. The molecular formula is C13H14FNO2. The lowest BCUT2D eigenvalue weighted by Crippen LogP contribution is -2.27. The van der Waals surface area contributed by atoms with Crippen molar-refractivity contribution in [2.75, 3.05) is 13.1 Å². The number of amides is 1. The van der Waals surface area contributed by atoms with Gasteiger partial charge in [0.15, 0.2) is 0 Å². The van der Waals surface area contributed by atoms with E-state index in [1.807, 2.05) is 0 Å². The van der Waals surface area contributed by atoms with Crippen LogP contribution in [0.5, 0.6) is 0 Å². The molecule has 1 atom stereocenters. The van der Waals surface area contributed by atoms with Crippen molar-refractivity contribution in [2.24, 2.45) is 0 Å². The fourth-order valence-electron chi connectivity index (χ4n) is 1.83. The lowest BCUT2D eigenvalue weighted by atomic mass is 10.2. The Morgan fingerprint density at radius 2 is 2.35 bits per heavy atom. The van der Waals surface area contributed by atoms with Crippen LogP contribution in [0.25, 0.3) is 6.08 Å². The molecule has 4 heteroatoms. The summed E-state index contributed by atoms with van der Waals surface area (Å²) in [7, 11) is 0. The number of aliphatic hydroxyl groups is 1. The standard InChI is InChI=1S/C13H14FNO2/c14-11-3-1-2-10(8-11)4-5-13(17)15-7-6-12(16)9-15/h1-5,8,12,16H,6-7,9H2/t12-/m0/s1. The van der Waals surface area contributed by atoms with Gasteiger partial charge < -0.3 is 10.0 Å². The molecule has 0 radical (unpaired) electrons. The normalized spacial score (nSPS) is 20.1. The third-order valence-electron chi connectivity index (χ3n) is 2.74. The number of hydrogen-bond donors (Lipinski definition) is 1. The van der Waals surface area contributed by atoms with Crippen molar-refractivity contribution in [3.8, 4) is 0 Å². The number of hydrogen-bond acceptors (Lipinski definition) is 2. The second kappa shape index (κ2) is 5.10. The monoisotopic (exact) mass is 235 g/mol. The summed E-state index contributed by atoms with van der Waals surface area (Å²) in [6.45, 7) is 0.958. The van der Waals surface area contributed by atoms with E-state index in [4.69, 9.17) is 0 Å². The third kappa shape index (κ3) is 3.14. The molecule has 2 rings (SSSR count). The Morgan fingerprint density at radius 1 is 1.53 bits per heavy atom. The second-order valence-electron chi connectivity index (χ2n) is 4.12. The zero-order valence-corrected chi connectivity index (χ0v) is 9.34. The smallest absolute Gasteiger partial charge is 0.246 e. The molecule has 17 heavy (non-hydrogen) atoms. The number of nitrogens with zero attached hydrogens (tertiary/aromatic N) is 1. The van der Waals surface area contributed by atoms with Gasteiger partial charge in [0, 0.05) is 19.2 Å². The van der Waals surface area contributed by atoms with E-state index in [9.17, 15) is 14.3 Å². The average molecular weight is 235 g/mol. The van der Waals surface area contributed by atoms with Crippen LogP contribution in [0.1, 0.15) is 12.0 Å². The minimum atomic E-state index is -0.415. The van der Waals surface area contributed by atoms with E-state index in [0.717, 1.165) is 0 Å². The van der Waals surface area contributed by atoms with Crippen LogP contribution in [0, 0.1) is 5.82 Å². The highest BCUT2D eigenvalue weighted by Crippen LogP contribution is 2.10. The Labute approximate surface area is 99.2 Å². The lowest BCUT2D eigenvalue weighted by Gasteiger charge is -2.12. The van der Waals surface area contributed by atoms with Gasteiger partial charge in [-0.1, -0.05) is 12.1 Å². The SMILES string of the molecule is O=C(C=Cc1cccc(F)c1)N1CC[C@H](O)C1. The maximum absolute atomic E-state index is 12.9. The van der Waals surface area contributed by atoms with Crippen molar-refractivity contribution in [1.82, 2.24) is 4.90 Å². The van der Waals surface area contributed by atoms with E-state index < -0.39 is 6.10 Å². The Hall–Kier alpha value is -1.68. The van der Waals surface area contributed by atoms with E-state index in [2.05, 4.69) is 0 Å². The van der Waals surface area contributed by atoms with Gasteiger partial charge in [-0.15, -0.1) is 0 Å². The van der Waals surface area contributed by atoms with Crippen LogP contribution < -0.4 is 0 Å². The molecule has 1 aromatic rings. The first-order chi connectivity index (χ1) is 8.15. The molecule has 1 fully saturated rings. The molecular weight excluding hydrogens is 221 g/mol. The molecule has 1 aromatic carbocycles. The van der Waals surface area contributed by atoms with E-state index in [1.165, 1.54) is 18.2 Å². The Kier molecular flexibility index (Phi) is 3.54. The van der Waals surface area contributed by atoms with Crippen molar-refractivity contribution >= 4 is 12.0 Å². The van der Waals surface area contributed by atoms with Crippen molar-refractivity contribution in [2.45, 2.75) is 12.5 Å². The van der Waals surface area contributed by atoms with E-state index in [1.54, 1.807) is 23.1 Å². The molecule has 90 valence electrons. The summed E-state index contributed by atoms with van der Waals surface area (Å²) in [5, 5.41) is 9.30. The van der Waals surface area contributed by atoms with Crippen molar-refractivity contribution in [3.63, 3.8) is 0 Å². The fraction of sp³-hybridized carbons (Fsp3) is 0.308. The van der Waals surface area contributed by atoms with Crippen LogP contribution in [0.15, 0.2) is 30.3 Å². The molecule has 1 N–H and O–H groups in total. The minimum Gasteiger partial charge on any atom is -0.391 e. The first-order valence-electron chi connectivity index (χ1n) is 5.56. The number of benzene rings is 1. The van der Waals surface area contributed by atoms with Crippen molar-refractivity contribution in [3.05, 3.63) is 41.7 Å². The number of aliphatic hydroxyl groups excluding tert-OH is 1. The van der Waals surface area contributed by atoms with Gasteiger partial charge in [-0.05, 0) is 30.2 Å². The molecule has 3 nitrogen and oxygen atoms in total. The quantitative estimate of drug-likeness (QED) is 0.788. The van der Waals surface area contributed by atoms with Gasteiger partial charge in [-0.2, -0.15) is 0 Å². The van der Waals surface area contributed by atoms with Crippen LogP contribution in [0.4, 0.5) is 4.39 Å². The van der Waals surface area contributed by atoms with Crippen molar-refractivity contribution < 1.29 is 14.3 Å². The summed E-state index contributed by atoms with van der Waals surface area (Å²) in [4.78, 5) is 13.3. The van der Waals surface area contributed by atoms with Crippen LogP contribution in [0.3, 0.4) is 0 Å². The fourth-order valence-corrected chi connectivity index (χ4v) is 1.83. The molecule has 0 aromatic heterocycles. The Balaban J connectivity index is 1.98. The predicted octanol–water partition coefficient (Wildman–Crippen LogP) is 1.43. The summed E-state index contributed by atoms with van der Waals surface area (Å²) < 4.78 is 12.9. The zero-order valence-electron chi connectivity index (χ0n) is 9.34. The third-order valence-corrected chi connectivity index (χ3v) is 2.74. The summed E-state index contributed by atoms with van der Waals surface area (Å²) >= 11 is 0. The highest BCUT2D eigenvalue weighted by molar-refractivity contribution is 5.91.